The van der Waals surface area contributed by atoms with Gasteiger partial charge < -0.3 is 4.74 Å². The lowest BCUT2D eigenvalue weighted by Gasteiger charge is -2.13. The number of carbonyl (C=O) groups excluding carboxylic acids is 2. The molecule has 9 heteroatoms. The molecule has 126 valence electrons. The second kappa shape index (κ2) is 7.07. The summed E-state index contributed by atoms with van der Waals surface area (Å²) in [6, 6.07) is 5.58. The fourth-order valence-corrected chi connectivity index (χ4v) is 3.01. The molecule has 0 aromatic heterocycles. The molecule has 0 unspecified atom stereocenters. The van der Waals surface area contributed by atoms with Crippen molar-refractivity contribution >= 4 is 21.8 Å². The predicted octanol–water partition coefficient (Wildman–Crippen LogP) is -0.123. The first-order valence-electron chi connectivity index (χ1n) is 7.07. The Morgan fingerprint density at radius 3 is 2.61 bits per heavy atom. The van der Waals surface area contributed by atoms with Gasteiger partial charge in [-0.1, -0.05) is 6.07 Å². The van der Waals surface area contributed by atoms with Gasteiger partial charge in [0.1, 0.15) is 6.10 Å². The van der Waals surface area contributed by atoms with Crippen molar-refractivity contribution in [2.24, 2.45) is 0 Å². The number of rotatable bonds is 4. The third-order valence-corrected chi connectivity index (χ3v) is 5.21. The van der Waals surface area contributed by atoms with E-state index in [0.717, 1.165) is 10.7 Å². The topological polar surface area (TPSA) is 105 Å². The summed E-state index contributed by atoms with van der Waals surface area (Å²) in [6.07, 6.45) is 0.852. The van der Waals surface area contributed by atoms with Crippen molar-refractivity contribution in [2.75, 3.05) is 20.7 Å². The van der Waals surface area contributed by atoms with Crippen LogP contribution in [-0.2, 0) is 19.6 Å². The molecule has 0 aliphatic carbocycles. The number of hydrazine groups is 1. The first-order valence-corrected chi connectivity index (χ1v) is 8.51. The first-order chi connectivity index (χ1) is 10.8. The van der Waals surface area contributed by atoms with E-state index < -0.39 is 27.9 Å². The van der Waals surface area contributed by atoms with Crippen LogP contribution in [0, 0.1) is 0 Å². The summed E-state index contributed by atoms with van der Waals surface area (Å²) in [5.41, 5.74) is 4.66. The minimum atomic E-state index is -3.63. The highest BCUT2D eigenvalue weighted by molar-refractivity contribution is 7.89. The van der Waals surface area contributed by atoms with Crippen LogP contribution >= 0.6 is 0 Å². The molecular formula is C14H19N3O5S. The number of nitrogens with zero attached hydrogens (tertiary/aromatic N) is 1. The SMILES string of the molecule is CN(C)S(=O)(=O)c1cccc(C(=O)NNC(=O)[C@H]2CCCO2)c1. The van der Waals surface area contributed by atoms with Crippen molar-refractivity contribution in [3.63, 3.8) is 0 Å². The molecule has 8 nitrogen and oxygen atoms in total. The number of benzene rings is 1. The molecule has 1 aliphatic rings. The van der Waals surface area contributed by atoms with Gasteiger partial charge in [-0.05, 0) is 31.0 Å². The standard InChI is InChI=1S/C14H19N3O5S/c1-17(2)23(20,21)11-6-3-5-10(9-11)13(18)15-16-14(19)12-7-4-8-22-12/h3,5-6,9,12H,4,7-8H2,1-2H3,(H,15,18)(H,16,19)/t12-/m1/s1. The maximum Gasteiger partial charge on any atom is 0.269 e. The van der Waals surface area contributed by atoms with E-state index in [4.69, 9.17) is 4.74 Å². The van der Waals surface area contributed by atoms with Crippen LogP contribution in [0.5, 0.6) is 0 Å². The van der Waals surface area contributed by atoms with Crippen LogP contribution in [0.15, 0.2) is 29.2 Å². The Balaban J connectivity index is 2.04. The van der Waals surface area contributed by atoms with Crippen LogP contribution in [0.3, 0.4) is 0 Å². The Bertz CT molecular complexity index is 696. The summed E-state index contributed by atoms with van der Waals surface area (Å²) >= 11 is 0. The molecule has 0 spiro atoms. The Morgan fingerprint density at radius 2 is 2.00 bits per heavy atom. The second-order valence-corrected chi connectivity index (χ2v) is 7.41. The van der Waals surface area contributed by atoms with Crippen LogP contribution in [0.4, 0.5) is 0 Å². The lowest BCUT2D eigenvalue weighted by atomic mass is 10.2. The maximum atomic E-state index is 12.1. The summed E-state index contributed by atoms with van der Waals surface area (Å²) < 4.78 is 30.4. The van der Waals surface area contributed by atoms with Crippen LogP contribution in [0.2, 0.25) is 0 Å². The molecule has 1 heterocycles. The molecule has 2 rings (SSSR count). The molecule has 2 N–H and O–H groups in total. The van der Waals surface area contributed by atoms with Crippen LogP contribution in [0.25, 0.3) is 0 Å². The molecule has 23 heavy (non-hydrogen) atoms. The van der Waals surface area contributed by atoms with Crippen molar-refractivity contribution in [2.45, 2.75) is 23.8 Å². The zero-order valence-corrected chi connectivity index (χ0v) is 13.7. The Hall–Kier alpha value is -1.97. The van der Waals surface area contributed by atoms with Gasteiger partial charge in [0.2, 0.25) is 10.0 Å². The number of sulfonamides is 1. The van der Waals surface area contributed by atoms with Crippen LogP contribution < -0.4 is 10.9 Å². The fraction of sp³-hybridized carbons (Fsp3) is 0.429. The summed E-state index contributed by atoms with van der Waals surface area (Å²) in [5.74, 6) is -1.03. The normalized spacial score (nSPS) is 18.0. The lowest BCUT2D eigenvalue weighted by Crippen LogP contribution is -2.46. The van der Waals surface area contributed by atoms with Gasteiger partial charge in [-0.2, -0.15) is 0 Å². The highest BCUT2D eigenvalue weighted by atomic mass is 32.2. The van der Waals surface area contributed by atoms with Crippen molar-refractivity contribution in [1.82, 2.24) is 15.2 Å². The number of carbonyl (C=O) groups is 2. The molecule has 1 aliphatic heterocycles. The van der Waals surface area contributed by atoms with Crippen molar-refractivity contribution in [3.05, 3.63) is 29.8 Å². The van der Waals surface area contributed by atoms with Gasteiger partial charge in [0.05, 0.1) is 4.90 Å². The highest BCUT2D eigenvalue weighted by Crippen LogP contribution is 2.15. The third-order valence-electron chi connectivity index (χ3n) is 3.40. The average molecular weight is 341 g/mol. The van der Waals surface area contributed by atoms with Gasteiger partial charge in [-0.3, -0.25) is 20.4 Å². The van der Waals surface area contributed by atoms with E-state index in [0.29, 0.717) is 13.0 Å². The van der Waals surface area contributed by atoms with E-state index in [2.05, 4.69) is 10.9 Å². The summed E-state index contributed by atoms with van der Waals surface area (Å²) in [4.78, 5) is 23.8. The largest absolute Gasteiger partial charge is 0.368 e. The minimum Gasteiger partial charge on any atom is -0.368 e. The molecular weight excluding hydrogens is 322 g/mol. The predicted molar refractivity (Wildman–Crippen MR) is 81.9 cm³/mol. The van der Waals surface area contributed by atoms with Crippen LogP contribution in [0.1, 0.15) is 23.2 Å². The van der Waals surface area contributed by atoms with Gasteiger partial charge in [-0.15, -0.1) is 0 Å². The van der Waals surface area contributed by atoms with E-state index in [1.165, 1.54) is 38.4 Å². The molecule has 1 fully saturated rings. The van der Waals surface area contributed by atoms with E-state index in [1.54, 1.807) is 0 Å². The van der Waals surface area contributed by atoms with Gasteiger partial charge in [-0.25, -0.2) is 12.7 Å². The quantitative estimate of drug-likeness (QED) is 0.743. The van der Waals surface area contributed by atoms with Gasteiger partial charge in [0, 0.05) is 26.3 Å². The number of hydrogen-bond acceptors (Lipinski definition) is 5. The van der Waals surface area contributed by atoms with Crippen molar-refractivity contribution < 1.29 is 22.7 Å². The lowest BCUT2D eigenvalue weighted by molar-refractivity contribution is -0.130. The smallest absolute Gasteiger partial charge is 0.269 e. The Labute approximate surface area is 134 Å². The molecule has 0 bridgehead atoms. The van der Waals surface area contributed by atoms with E-state index in [9.17, 15) is 18.0 Å². The molecule has 0 saturated carbocycles. The van der Waals surface area contributed by atoms with Gasteiger partial charge in [0.25, 0.3) is 11.8 Å². The highest BCUT2D eigenvalue weighted by Gasteiger charge is 2.24. The van der Waals surface area contributed by atoms with E-state index >= 15 is 0 Å². The molecule has 1 aromatic rings. The zero-order chi connectivity index (χ0) is 17.0. The zero-order valence-electron chi connectivity index (χ0n) is 12.9. The maximum absolute atomic E-state index is 12.1. The Kier molecular flexibility index (Phi) is 5.34. The monoisotopic (exact) mass is 341 g/mol. The van der Waals surface area contributed by atoms with Gasteiger partial charge >= 0.3 is 0 Å². The first kappa shape index (κ1) is 17.4. The molecule has 1 atom stereocenters. The Morgan fingerprint density at radius 1 is 1.26 bits per heavy atom. The van der Waals surface area contributed by atoms with Crippen molar-refractivity contribution in [1.29, 1.82) is 0 Å². The minimum absolute atomic E-state index is 0.000558. The van der Waals surface area contributed by atoms with Gasteiger partial charge in [0.15, 0.2) is 0 Å². The summed E-state index contributed by atoms with van der Waals surface area (Å²) in [7, 11) is -0.818. The fourth-order valence-electron chi connectivity index (χ4n) is 2.06. The molecule has 1 aromatic carbocycles. The number of amides is 2. The number of ether oxygens (including phenoxy) is 1. The average Bonchev–Trinajstić information content (AvgIpc) is 3.06. The molecule has 1 saturated heterocycles. The number of nitrogens with one attached hydrogen (secondary N) is 2. The van der Waals surface area contributed by atoms with E-state index in [-0.39, 0.29) is 10.5 Å². The summed E-state index contributed by atoms with van der Waals surface area (Å²) in [5, 5.41) is 0. The number of hydrogen-bond donors (Lipinski definition) is 2. The van der Waals surface area contributed by atoms with E-state index in [1.807, 2.05) is 0 Å². The van der Waals surface area contributed by atoms with Crippen LogP contribution in [-0.4, -0.2) is 51.3 Å². The third kappa shape index (κ3) is 4.06. The summed E-state index contributed by atoms with van der Waals surface area (Å²) in [6.45, 7) is 0.524. The van der Waals surface area contributed by atoms with Crippen molar-refractivity contribution in [3.8, 4) is 0 Å². The second-order valence-electron chi connectivity index (χ2n) is 5.26. The molecule has 0 radical (unpaired) electrons. The molecule has 2 amide bonds.